The van der Waals surface area contributed by atoms with E-state index in [2.05, 4.69) is 15.2 Å². The van der Waals surface area contributed by atoms with Crippen molar-refractivity contribution in [2.75, 3.05) is 6.61 Å². The van der Waals surface area contributed by atoms with Crippen molar-refractivity contribution < 1.29 is 27.4 Å². The summed E-state index contributed by atoms with van der Waals surface area (Å²) in [6, 6.07) is 5.20. The molecule has 2 aromatic rings. The number of halogens is 3. The number of hydrogen-bond acceptors (Lipinski definition) is 5. The topological polar surface area (TPSA) is 87.4 Å². The van der Waals surface area contributed by atoms with E-state index in [1.54, 1.807) is 0 Å². The molecule has 1 aromatic heterocycles. The number of aromatic nitrogens is 3. The number of nitrogens with zero attached hydrogens (tertiary/aromatic N) is 3. The average molecular weight is 386 g/mol. The number of alkyl halides is 3. The Morgan fingerprint density at radius 3 is 2.74 bits per heavy atom. The van der Waals surface area contributed by atoms with E-state index < -0.39 is 12.5 Å². The van der Waals surface area contributed by atoms with Gasteiger partial charge in [0.1, 0.15) is 11.9 Å². The predicted octanol–water partition coefficient (Wildman–Crippen LogP) is 1.26. The van der Waals surface area contributed by atoms with Crippen molar-refractivity contribution in [3.05, 3.63) is 46.1 Å². The van der Waals surface area contributed by atoms with Crippen molar-refractivity contribution in [2.45, 2.75) is 32.0 Å². The molecule has 1 aliphatic rings. The Bertz CT molecular complexity index is 873. The van der Waals surface area contributed by atoms with E-state index in [1.807, 2.05) is 0 Å². The van der Waals surface area contributed by atoms with Gasteiger partial charge in [0.25, 0.3) is 0 Å². The summed E-state index contributed by atoms with van der Waals surface area (Å²) in [6.07, 6.45) is -5.40. The van der Waals surface area contributed by atoms with Crippen molar-refractivity contribution in [3.8, 4) is 5.75 Å². The van der Waals surface area contributed by atoms with Gasteiger partial charge in [0, 0.05) is 13.6 Å². The van der Waals surface area contributed by atoms with Crippen LogP contribution in [0.3, 0.4) is 0 Å². The molecule has 146 valence electrons. The fourth-order valence-corrected chi connectivity index (χ4v) is 2.73. The summed E-state index contributed by atoms with van der Waals surface area (Å²) in [5, 5.41) is 6.76. The van der Waals surface area contributed by atoms with Gasteiger partial charge in [0.15, 0.2) is 5.82 Å². The lowest BCUT2D eigenvalue weighted by Crippen LogP contribution is -2.32. The summed E-state index contributed by atoms with van der Waals surface area (Å²) < 4.78 is 48.4. The third-order valence-electron chi connectivity index (χ3n) is 3.98. The van der Waals surface area contributed by atoms with Gasteiger partial charge >= 0.3 is 12.1 Å². The van der Waals surface area contributed by atoms with Crippen LogP contribution in [0.15, 0.2) is 29.1 Å². The molecule has 11 heteroatoms. The lowest BCUT2D eigenvalue weighted by molar-refractivity contribution is -0.274. The standard InChI is InChI=1S/C16H17F3N4O4/c1-22-15(25)23-6-7-26-12(14(23)21-22)8-13(24)20-9-10-2-4-11(5-3-10)27-16(17,18)19/h2-5,12H,6-9H2,1H3,(H,20,24). The van der Waals surface area contributed by atoms with Crippen molar-refractivity contribution >= 4 is 5.91 Å². The van der Waals surface area contributed by atoms with Crippen molar-refractivity contribution in [3.63, 3.8) is 0 Å². The zero-order valence-corrected chi connectivity index (χ0v) is 14.3. The molecule has 0 saturated carbocycles. The zero-order valence-electron chi connectivity index (χ0n) is 14.3. The van der Waals surface area contributed by atoms with E-state index >= 15 is 0 Å². The third-order valence-corrected chi connectivity index (χ3v) is 3.98. The predicted molar refractivity (Wildman–Crippen MR) is 85.7 cm³/mol. The molecule has 1 unspecified atom stereocenters. The Balaban J connectivity index is 1.55. The largest absolute Gasteiger partial charge is 0.573 e. The molecule has 8 nitrogen and oxygen atoms in total. The number of hydrogen-bond donors (Lipinski definition) is 1. The molecule has 1 aromatic carbocycles. The summed E-state index contributed by atoms with van der Waals surface area (Å²) in [7, 11) is 1.52. The van der Waals surface area contributed by atoms with Gasteiger partial charge in [-0.3, -0.25) is 9.36 Å². The van der Waals surface area contributed by atoms with Crippen LogP contribution in [0.25, 0.3) is 0 Å². The number of fused-ring (bicyclic) bond motifs is 1. The Labute approximate surface area is 151 Å². The van der Waals surface area contributed by atoms with Gasteiger partial charge in [-0.1, -0.05) is 12.1 Å². The smallest absolute Gasteiger partial charge is 0.406 e. The number of ether oxygens (including phenoxy) is 2. The summed E-state index contributed by atoms with van der Waals surface area (Å²) in [6.45, 7) is 0.816. The van der Waals surface area contributed by atoms with E-state index in [4.69, 9.17) is 4.74 Å². The molecule has 0 radical (unpaired) electrons. The fraction of sp³-hybridized carbons (Fsp3) is 0.438. The minimum atomic E-state index is -4.75. The first kappa shape index (κ1) is 19.0. The fourth-order valence-electron chi connectivity index (χ4n) is 2.73. The second-order valence-electron chi connectivity index (χ2n) is 5.95. The maximum Gasteiger partial charge on any atom is 0.573 e. The molecule has 2 heterocycles. The molecule has 0 spiro atoms. The number of aryl methyl sites for hydroxylation is 1. The maximum atomic E-state index is 12.2. The first-order chi connectivity index (χ1) is 12.7. The molecule has 1 aliphatic heterocycles. The van der Waals surface area contributed by atoms with Crippen molar-refractivity contribution in [1.29, 1.82) is 0 Å². The normalized spacial score (nSPS) is 16.7. The van der Waals surface area contributed by atoms with Crippen LogP contribution in [-0.4, -0.2) is 33.2 Å². The number of nitrogens with one attached hydrogen (secondary N) is 1. The first-order valence-corrected chi connectivity index (χ1v) is 8.09. The second kappa shape index (κ2) is 7.43. The van der Waals surface area contributed by atoms with Gasteiger partial charge in [0.05, 0.1) is 19.6 Å². The number of carbonyl (C=O) groups excluding carboxylic acids is 1. The zero-order chi connectivity index (χ0) is 19.6. The Hall–Kier alpha value is -2.82. The van der Waals surface area contributed by atoms with Crippen LogP contribution in [0.1, 0.15) is 23.9 Å². The summed E-state index contributed by atoms with van der Waals surface area (Å²) in [5.41, 5.74) is 0.344. The molecule has 3 rings (SSSR count). The Kier molecular flexibility index (Phi) is 5.22. The highest BCUT2D eigenvalue weighted by atomic mass is 19.4. The summed E-state index contributed by atoms with van der Waals surface area (Å²) in [4.78, 5) is 24.1. The summed E-state index contributed by atoms with van der Waals surface area (Å²) in [5.74, 6) is -0.263. The molecule has 1 atom stereocenters. The van der Waals surface area contributed by atoms with E-state index in [-0.39, 0.29) is 30.3 Å². The Morgan fingerprint density at radius 2 is 2.07 bits per heavy atom. The van der Waals surface area contributed by atoms with E-state index in [0.717, 1.165) is 0 Å². The van der Waals surface area contributed by atoms with Crippen LogP contribution >= 0.6 is 0 Å². The monoisotopic (exact) mass is 386 g/mol. The second-order valence-corrected chi connectivity index (χ2v) is 5.95. The first-order valence-electron chi connectivity index (χ1n) is 8.09. The molecule has 1 N–H and O–H groups in total. The molecular weight excluding hydrogens is 369 g/mol. The highest BCUT2D eigenvalue weighted by molar-refractivity contribution is 5.76. The van der Waals surface area contributed by atoms with Gasteiger partial charge in [-0.25, -0.2) is 9.48 Å². The molecule has 0 bridgehead atoms. The lowest BCUT2D eigenvalue weighted by atomic mass is 10.2. The summed E-state index contributed by atoms with van der Waals surface area (Å²) >= 11 is 0. The third kappa shape index (κ3) is 4.67. The van der Waals surface area contributed by atoms with Gasteiger partial charge < -0.3 is 14.8 Å². The highest BCUT2D eigenvalue weighted by Gasteiger charge is 2.31. The highest BCUT2D eigenvalue weighted by Crippen LogP contribution is 2.23. The molecular formula is C16H17F3N4O4. The van der Waals surface area contributed by atoms with Crippen LogP contribution < -0.4 is 15.7 Å². The molecule has 0 aliphatic carbocycles. The minimum Gasteiger partial charge on any atom is -0.406 e. The quantitative estimate of drug-likeness (QED) is 0.836. The van der Waals surface area contributed by atoms with Crippen LogP contribution in [0.4, 0.5) is 13.2 Å². The van der Waals surface area contributed by atoms with Crippen LogP contribution in [-0.2, 0) is 29.7 Å². The SMILES string of the molecule is Cn1nc2n(c1=O)CCOC2CC(=O)NCc1ccc(OC(F)(F)F)cc1. The van der Waals surface area contributed by atoms with Crippen LogP contribution in [0.2, 0.25) is 0 Å². The van der Waals surface area contributed by atoms with Crippen molar-refractivity contribution in [2.24, 2.45) is 7.05 Å². The number of carbonyl (C=O) groups is 1. The van der Waals surface area contributed by atoms with Crippen LogP contribution in [0.5, 0.6) is 5.75 Å². The number of rotatable bonds is 5. The van der Waals surface area contributed by atoms with Crippen molar-refractivity contribution in [1.82, 2.24) is 19.7 Å². The molecule has 27 heavy (non-hydrogen) atoms. The molecule has 1 amide bonds. The molecule has 0 saturated heterocycles. The average Bonchev–Trinajstić information content (AvgIpc) is 2.89. The maximum absolute atomic E-state index is 12.2. The molecule has 0 fully saturated rings. The number of amides is 1. The lowest BCUT2D eigenvalue weighted by Gasteiger charge is -2.22. The van der Waals surface area contributed by atoms with Crippen LogP contribution in [0, 0.1) is 0 Å². The number of benzene rings is 1. The Morgan fingerprint density at radius 1 is 1.37 bits per heavy atom. The minimum absolute atomic E-state index is 0.0221. The van der Waals surface area contributed by atoms with Gasteiger partial charge in [-0.2, -0.15) is 5.10 Å². The van der Waals surface area contributed by atoms with Gasteiger partial charge in [-0.05, 0) is 17.7 Å². The van der Waals surface area contributed by atoms with E-state index in [9.17, 15) is 22.8 Å². The van der Waals surface area contributed by atoms with E-state index in [0.29, 0.717) is 24.5 Å². The van der Waals surface area contributed by atoms with E-state index in [1.165, 1.54) is 40.6 Å². The van der Waals surface area contributed by atoms with Gasteiger partial charge in [-0.15, -0.1) is 13.2 Å². The van der Waals surface area contributed by atoms with Gasteiger partial charge in [0.2, 0.25) is 5.91 Å².